The Morgan fingerprint density at radius 1 is 1.14 bits per heavy atom. The van der Waals surface area contributed by atoms with Crippen LogP contribution in [-0.2, 0) is 10.0 Å². The lowest BCUT2D eigenvalue weighted by Crippen LogP contribution is -2.41. The number of halogens is 2. The second kappa shape index (κ2) is 10.6. The molecular formula is C23H24Cl2N4O6S. The second-order valence-electron chi connectivity index (χ2n) is 8.32. The molecule has 36 heavy (non-hydrogen) atoms. The lowest BCUT2D eigenvalue weighted by molar-refractivity contribution is 0.260. The van der Waals surface area contributed by atoms with Crippen LogP contribution < -0.4 is 16.0 Å². The summed E-state index contributed by atoms with van der Waals surface area (Å²) in [6.45, 7) is 2.04. The Bertz CT molecular complexity index is 1480. The van der Waals surface area contributed by atoms with Crippen LogP contribution in [0.1, 0.15) is 39.0 Å². The van der Waals surface area contributed by atoms with Gasteiger partial charge in [0, 0.05) is 18.7 Å². The largest absolute Gasteiger partial charge is 0.507 e. The number of aromatic nitrogens is 3. The number of phenolic OH excluding ortho intramolecular Hbond substituents is 1. The van der Waals surface area contributed by atoms with Gasteiger partial charge in [0.25, 0.3) is 5.56 Å². The molecule has 0 radical (unpaired) electrons. The van der Waals surface area contributed by atoms with E-state index in [1.54, 1.807) is 6.92 Å². The van der Waals surface area contributed by atoms with E-state index in [9.17, 15) is 23.1 Å². The molecule has 4 rings (SSSR count). The minimum atomic E-state index is -4.01. The Balaban J connectivity index is 1.67. The van der Waals surface area contributed by atoms with Gasteiger partial charge in [0.2, 0.25) is 10.0 Å². The number of phenols is 1. The molecule has 0 bridgehead atoms. The standard InChI is InChI=1S/C23H24Cl2N4O6S/c1-2-28(14-6-4-3-5-7-14)36(33,34)20-12-16(8-9-19(20)30)35-22-17(24)10-15(11-18(22)25)29-23(32)27-21(31)13-26-29/h8-14,30H,2-7H2,1H3,(H,27,31,32). The average Bonchev–Trinajstić information content (AvgIpc) is 2.83. The van der Waals surface area contributed by atoms with E-state index in [1.165, 1.54) is 34.6 Å². The van der Waals surface area contributed by atoms with Crippen molar-refractivity contribution in [3.8, 4) is 22.9 Å². The van der Waals surface area contributed by atoms with E-state index >= 15 is 0 Å². The summed E-state index contributed by atoms with van der Waals surface area (Å²) in [4.78, 5) is 25.1. The van der Waals surface area contributed by atoms with Gasteiger partial charge in [-0.05, 0) is 37.1 Å². The van der Waals surface area contributed by atoms with Crippen LogP contribution in [0.25, 0.3) is 5.69 Å². The first kappa shape index (κ1) is 26.2. The van der Waals surface area contributed by atoms with Gasteiger partial charge in [0.05, 0.1) is 15.7 Å². The van der Waals surface area contributed by atoms with Crippen LogP contribution in [-0.4, -0.2) is 45.2 Å². The molecule has 192 valence electrons. The maximum atomic E-state index is 13.5. The Hall–Kier alpha value is -2.86. The quantitative estimate of drug-likeness (QED) is 0.449. The molecule has 0 atom stereocenters. The Morgan fingerprint density at radius 3 is 2.42 bits per heavy atom. The lowest BCUT2D eigenvalue weighted by Gasteiger charge is -2.32. The number of rotatable bonds is 7. The highest BCUT2D eigenvalue weighted by molar-refractivity contribution is 7.89. The average molecular weight is 555 g/mol. The number of sulfonamides is 1. The summed E-state index contributed by atoms with van der Waals surface area (Å²) >= 11 is 12.7. The maximum absolute atomic E-state index is 13.5. The molecule has 0 unspecified atom stereocenters. The number of benzene rings is 2. The van der Waals surface area contributed by atoms with Crippen molar-refractivity contribution in [2.45, 2.75) is 50.0 Å². The molecule has 0 saturated heterocycles. The van der Waals surface area contributed by atoms with E-state index in [1.807, 2.05) is 0 Å². The number of hydrogen-bond donors (Lipinski definition) is 2. The summed E-state index contributed by atoms with van der Waals surface area (Å²) < 4.78 is 35.1. The first-order valence-electron chi connectivity index (χ1n) is 11.3. The molecule has 1 aliphatic carbocycles. The van der Waals surface area contributed by atoms with Gasteiger partial charge >= 0.3 is 5.69 Å². The molecule has 1 fully saturated rings. The highest BCUT2D eigenvalue weighted by atomic mass is 35.5. The summed E-state index contributed by atoms with van der Waals surface area (Å²) in [6.07, 6.45) is 5.47. The van der Waals surface area contributed by atoms with Crippen LogP contribution >= 0.6 is 23.2 Å². The third-order valence-electron chi connectivity index (χ3n) is 5.97. The summed E-state index contributed by atoms with van der Waals surface area (Å²) in [6, 6.07) is 6.44. The van der Waals surface area contributed by atoms with Gasteiger partial charge in [-0.15, -0.1) is 0 Å². The first-order valence-corrected chi connectivity index (χ1v) is 13.5. The number of H-pyrrole nitrogens is 1. The normalized spacial score (nSPS) is 14.8. The van der Waals surface area contributed by atoms with Gasteiger partial charge in [0.1, 0.15) is 22.6 Å². The summed E-state index contributed by atoms with van der Waals surface area (Å²) in [5.74, 6) is -0.303. The molecule has 2 N–H and O–H groups in total. The Labute approximate surface area is 217 Å². The highest BCUT2D eigenvalue weighted by Gasteiger charge is 2.33. The SMILES string of the molecule is CCN(C1CCCCC1)S(=O)(=O)c1cc(Oc2c(Cl)cc(-n3ncc(=O)[nH]c3=O)cc2Cl)ccc1O. The van der Waals surface area contributed by atoms with Crippen LogP contribution in [0.2, 0.25) is 10.0 Å². The lowest BCUT2D eigenvalue weighted by atomic mass is 9.95. The zero-order chi connectivity index (χ0) is 26.0. The van der Waals surface area contributed by atoms with Crippen LogP contribution in [0.3, 0.4) is 0 Å². The van der Waals surface area contributed by atoms with Crippen LogP contribution in [0.4, 0.5) is 0 Å². The predicted octanol–water partition coefficient (Wildman–Crippen LogP) is 4.07. The molecular weight excluding hydrogens is 531 g/mol. The van der Waals surface area contributed by atoms with Gasteiger partial charge < -0.3 is 9.84 Å². The second-order valence-corrected chi connectivity index (χ2v) is 11.0. The van der Waals surface area contributed by atoms with Crippen LogP contribution in [0.5, 0.6) is 17.2 Å². The van der Waals surface area contributed by atoms with Gasteiger partial charge in [-0.1, -0.05) is 49.4 Å². The fraction of sp³-hybridized carbons (Fsp3) is 0.348. The molecule has 1 heterocycles. The summed E-state index contributed by atoms with van der Waals surface area (Å²) in [7, 11) is -4.01. The van der Waals surface area contributed by atoms with E-state index in [0.717, 1.165) is 43.0 Å². The van der Waals surface area contributed by atoms with Gasteiger partial charge in [-0.25, -0.2) is 13.2 Å². The summed E-state index contributed by atoms with van der Waals surface area (Å²) in [5, 5.41) is 14.2. The molecule has 3 aromatic rings. The van der Waals surface area contributed by atoms with Gasteiger partial charge in [0.15, 0.2) is 5.75 Å². The van der Waals surface area contributed by atoms with E-state index in [2.05, 4.69) is 10.1 Å². The fourth-order valence-electron chi connectivity index (χ4n) is 4.31. The van der Waals surface area contributed by atoms with Crippen molar-refractivity contribution in [3.05, 3.63) is 67.4 Å². The van der Waals surface area contributed by atoms with E-state index in [4.69, 9.17) is 27.9 Å². The molecule has 13 heteroatoms. The maximum Gasteiger partial charge on any atom is 0.349 e. The topological polar surface area (TPSA) is 135 Å². The van der Waals surface area contributed by atoms with Crippen molar-refractivity contribution in [1.82, 2.24) is 19.1 Å². The van der Waals surface area contributed by atoms with Crippen molar-refractivity contribution >= 4 is 33.2 Å². The van der Waals surface area contributed by atoms with Crippen molar-refractivity contribution in [2.24, 2.45) is 0 Å². The number of hydrogen-bond acceptors (Lipinski definition) is 7. The number of ether oxygens (including phenoxy) is 1. The summed E-state index contributed by atoms with van der Waals surface area (Å²) in [5.41, 5.74) is -1.26. The van der Waals surface area contributed by atoms with Crippen molar-refractivity contribution in [1.29, 1.82) is 0 Å². The predicted molar refractivity (Wildman–Crippen MR) is 135 cm³/mol. The van der Waals surface area contributed by atoms with Crippen LogP contribution in [0.15, 0.2) is 51.0 Å². The number of nitrogens with one attached hydrogen (secondary N) is 1. The third-order valence-corrected chi connectivity index (χ3v) is 8.59. The van der Waals surface area contributed by atoms with Crippen molar-refractivity contribution in [2.75, 3.05) is 6.54 Å². The number of aromatic amines is 1. The molecule has 0 amide bonds. The zero-order valence-corrected chi connectivity index (χ0v) is 21.6. The fourth-order valence-corrected chi connectivity index (χ4v) is 6.65. The van der Waals surface area contributed by atoms with E-state index in [-0.39, 0.29) is 44.7 Å². The zero-order valence-electron chi connectivity index (χ0n) is 19.3. The molecule has 0 aliphatic heterocycles. The van der Waals surface area contributed by atoms with E-state index < -0.39 is 27.0 Å². The first-order chi connectivity index (χ1) is 17.1. The number of aromatic hydroxyl groups is 1. The van der Waals surface area contributed by atoms with Gasteiger partial charge in [-0.2, -0.15) is 14.1 Å². The molecule has 1 aliphatic rings. The smallest absolute Gasteiger partial charge is 0.349 e. The molecule has 10 nitrogen and oxygen atoms in total. The van der Waals surface area contributed by atoms with Crippen molar-refractivity contribution in [3.63, 3.8) is 0 Å². The molecule has 1 aromatic heterocycles. The van der Waals surface area contributed by atoms with E-state index in [0.29, 0.717) is 0 Å². The van der Waals surface area contributed by atoms with Crippen LogP contribution in [0, 0.1) is 0 Å². The molecule has 0 spiro atoms. The third kappa shape index (κ3) is 5.29. The Morgan fingerprint density at radius 2 is 1.81 bits per heavy atom. The monoisotopic (exact) mass is 554 g/mol. The number of nitrogens with zero attached hydrogens (tertiary/aromatic N) is 3. The van der Waals surface area contributed by atoms with Gasteiger partial charge in [-0.3, -0.25) is 9.78 Å². The Kier molecular flexibility index (Phi) is 7.74. The minimum absolute atomic E-state index is 0.00673. The minimum Gasteiger partial charge on any atom is -0.507 e. The molecule has 1 saturated carbocycles. The molecule has 2 aromatic carbocycles. The van der Waals surface area contributed by atoms with Crippen molar-refractivity contribution < 1.29 is 18.3 Å². The highest BCUT2D eigenvalue weighted by Crippen LogP contribution is 2.40.